The lowest BCUT2D eigenvalue weighted by Gasteiger charge is -2.09. The minimum atomic E-state index is -4.68. The highest BCUT2D eigenvalue weighted by Crippen LogP contribution is 2.19. The van der Waals surface area contributed by atoms with Gasteiger partial charge in [-0.2, -0.15) is 8.78 Å². The number of halogens is 2. The van der Waals surface area contributed by atoms with Crippen molar-refractivity contribution >= 4 is 21.4 Å². The van der Waals surface area contributed by atoms with Crippen LogP contribution in [0.4, 0.5) is 14.5 Å². The smallest absolute Gasteiger partial charge is 0.331 e. The predicted octanol–water partition coefficient (Wildman–Crippen LogP) is 3.49. The topological polar surface area (TPSA) is 81.1 Å². The highest BCUT2D eigenvalue weighted by Gasteiger charge is 2.26. The summed E-state index contributed by atoms with van der Waals surface area (Å²) in [5.74, 6) is -3.08. The first-order chi connectivity index (χ1) is 13.3. The third-order valence-corrected chi connectivity index (χ3v) is 5.57. The maximum atomic E-state index is 12.5. The molecule has 0 fully saturated rings. The van der Waals surface area contributed by atoms with E-state index in [4.69, 9.17) is 0 Å². The molecule has 0 radical (unpaired) electrons. The monoisotopic (exact) mass is 405 g/mol. The van der Waals surface area contributed by atoms with E-state index in [-0.39, 0.29) is 5.56 Å². The molecule has 1 N–H and O–H groups in total. The molecule has 3 rings (SSSR count). The van der Waals surface area contributed by atoms with Gasteiger partial charge in [-0.25, -0.2) is 13.4 Å². The van der Waals surface area contributed by atoms with Crippen LogP contribution in [0.5, 0.6) is 0 Å². The van der Waals surface area contributed by atoms with Crippen LogP contribution in [0.15, 0.2) is 65.8 Å². The maximum absolute atomic E-state index is 12.5. The van der Waals surface area contributed by atoms with E-state index in [9.17, 15) is 22.0 Å². The molecule has 0 saturated heterocycles. The lowest BCUT2D eigenvalue weighted by atomic mass is 10.2. The fourth-order valence-electron chi connectivity index (χ4n) is 2.56. The van der Waals surface area contributed by atoms with Crippen LogP contribution >= 0.6 is 0 Å². The fraction of sp³-hybridized carbons (Fsp3) is 0.158. The summed E-state index contributed by atoms with van der Waals surface area (Å²) in [5.41, 5.74) is 1.74. The number of amides is 1. The Kier molecular flexibility index (Phi) is 5.55. The predicted molar refractivity (Wildman–Crippen MR) is 100 cm³/mol. The molecule has 0 atom stereocenters. The number of hydrogen-bond donors (Lipinski definition) is 1. The number of benzene rings is 2. The highest BCUT2D eigenvalue weighted by atomic mass is 32.2. The van der Waals surface area contributed by atoms with Crippen LogP contribution < -0.4 is 5.32 Å². The highest BCUT2D eigenvalue weighted by molar-refractivity contribution is 7.91. The summed E-state index contributed by atoms with van der Waals surface area (Å²) in [5, 5.41) is 2.68. The van der Waals surface area contributed by atoms with Gasteiger partial charge in [0.2, 0.25) is 9.84 Å². The number of aromatic nitrogens is 2. The summed E-state index contributed by atoms with van der Waals surface area (Å²) in [6, 6.07) is 11.6. The fourth-order valence-corrected chi connectivity index (χ4v) is 3.28. The molecule has 28 heavy (non-hydrogen) atoms. The van der Waals surface area contributed by atoms with Crippen molar-refractivity contribution in [3.05, 3.63) is 77.9 Å². The van der Waals surface area contributed by atoms with Crippen LogP contribution in [-0.2, 0) is 16.4 Å². The summed E-state index contributed by atoms with van der Waals surface area (Å²) < 4.78 is 49.9. The van der Waals surface area contributed by atoms with Crippen LogP contribution in [0.3, 0.4) is 0 Å². The van der Waals surface area contributed by atoms with Gasteiger partial charge in [0.1, 0.15) is 5.82 Å². The van der Waals surface area contributed by atoms with Gasteiger partial charge in [-0.1, -0.05) is 12.1 Å². The molecule has 0 bridgehead atoms. The quantitative estimate of drug-likeness (QED) is 0.681. The molecule has 0 unspecified atom stereocenters. The number of anilines is 1. The van der Waals surface area contributed by atoms with Crippen LogP contribution in [0.25, 0.3) is 0 Å². The van der Waals surface area contributed by atoms with Gasteiger partial charge in [-0.3, -0.25) is 4.79 Å². The van der Waals surface area contributed by atoms with Gasteiger partial charge in [-0.05, 0) is 48.9 Å². The minimum Gasteiger partial charge on any atom is -0.331 e. The molecule has 1 aromatic heterocycles. The number of hydrogen-bond acceptors (Lipinski definition) is 4. The van der Waals surface area contributed by atoms with Crippen molar-refractivity contribution in [3.63, 3.8) is 0 Å². The molecule has 146 valence electrons. The van der Waals surface area contributed by atoms with Gasteiger partial charge >= 0.3 is 5.76 Å². The zero-order valence-electron chi connectivity index (χ0n) is 14.8. The van der Waals surface area contributed by atoms with Crippen molar-refractivity contribution in [2.75, 3.05) is 5.32 Å². The summed E-state index contributed by atoms with van der Waals surface area (Å²) in [7, 11) is -4.68. The minimum absolute atomic E-state index is 0.159. The second-order valence-electron chi connectivity index (χ2n) is 6.08. The summed E-state index contributed by atoms with van der Waals surface area (Å²) in [6.07, 6.45) is 3.60. The first kappa shape index (κ1) is 19.7. The number of alkyl halides is 2. The first-order valence-electron chi connectivity index (χ1n) is 8.27. The maximum Gasteiger partial charge on any atom is 0.341 e. The lowest BCUT2D eigenvalue weighted by Crippen LogP contribution is -2.14. The van der Waals surface area contributed by atoms with Crippen LogP contribution in [0.1, 0.15) is 21.7 Å². The van der Waals surface area contributed by atoms with E-state index < -0.39 is 26.4 Å². The average molecular weight is 405 g/mol. The van der Waals surface area contributed by atoms with E-state index in [2.05, 4.69) is 10.3 Å². The van der Waals surface area contributed by atoms with Crippen molar-refractivity contribution in [2.24, 2.45) is 0 Å². The van der Waals surface area contributed by atoms with E-state index in [0.29, 0.717) is 12.2 Å². The van der Waals surface area contributed by atoms with E-state index in [1.807, 2.05) is 29.8 Å². The molecule has 2 aromatic carbocycles. The van der Waals surface area contributed by atoms with Gasteiger partial charge in [-0.15, -0.1) is 0 Å². The Labute approximate surface area is 160 Å². The van der Waals surface area contributed by atoms with E-state index in [0.717, 1.165) is 23.5 Å². The van der Waals surface area contributed by atoms with Crippen molar-refractivity contribution in [3.8, 4) is 0 Å². The molecule has 0 spiro atoms. The summed E-state index contributed by atoms with van der Waals surface area (Å²) in [4.78, 5) is 15.9. The third kappa shape index (κ3) is 4.25. The molecule has 3 aromatic rings. The molecule has 0 saturated carbocycles. The second kappa shape index (κ2) is 7.89. The Morgan fingerprint density at radius 1 is 1.11 bits per heavy atom. The molecular formula is C19H17F2N3O3S. The molecular weight excluding hydrogens is 388 g/mol. The molecule has 0 aliphatic rings. The van der Waals surface area contributed by atoms with Gasteiger partial charge in [0.15, 0.2) is 0 Å². The Morgan fingerprint density at radius 2 is 1.75 bits per heavy atom. The van der Waals surface area contributed by atoms with Crippen LogP contribution in [0.2, 0.25) is 0 Å². The van der Waals surface area contributed by atoms with Crippen molar-refractivity contribution < 1.29 is 22.0 Å². The average Bonchev–Trinajstić information content (AvgIpc) is 3.08. The van der Waals surface area contributed by atoms with Crippen molar-refractivity contribution in [2.45, 2.75) is 24.1 Å². The van der Waals surface area contributed by atoms with Gasteiger partial charge in [0.25, 0.3) is 5.91 Å². The summed E-state index contributed by atoms with van der Waals surface area (Å²) >= 11 is 0. The second-order valence-corrected chi connectivity index (χ2v) is 8.00. The Bertz CT molecular complexity index is 1080. The third-order valence-electron chi connectivity index (χ3n) is 4.17. The van der Waals surface area contributed by atoms with Crippen molar-refractivity contribution in [1.29, 1.82) is 0 Å². The van der Waals surface area contributed by atoms with E-state index in [1.165, 1.54) is 12.1 Å². The number of aryl methyl sites for hydroxylation is 1. The standard InChI is InChI=1S/C19H17F2N3O3S/c1-13-22-10-11-24(13)12-14-2-6-16(7-3-14)23-18(25)15-4-8-17(9-5-15)28(26,27)19(20)21/h2-11,19H,12H2,1H3,(H,23,25). The Hall–Kier alpha value is -3.07. The molecule has 1 heterocycles. The van der Waals surface area contributed by atoms with Crippen LogP contribution in [-0.4, -0.2) is 29.6 Å². The van der Waals surface area contributed by atoms with E-state index in [1.54, 1.807) is 18.3 Å². The lowest BCUT2D eigenvalue weighted by molar-refractivity contribution is 0.102. The molecule has 9 heteroatoms. The van der Waals surface area contributed by atoms with E-state index >= 15 is 0 Å². The summed E-state index contributed by atoms with van der Waals surface area (Å²) in [6.45, 7) is 2.56. The number of carbonyl (C=O) groups is 1. The first-order valence-corrected chi connectivity index (χ1v) is 9.82. The van der Waals surface area contributed by atoms with Crippen molar-refractivity contribution in [1.82, 2.24) is 9.55 Å². The number of sulfone groups is 1. The number of carbonyl (C=O) groups excluding carboxylic acids is 1. The molecule has 0 aliphatic heterocycles. The largest absolute Gasteiger partial charge is 0.341 e. The number of nitrogens with one attached hydrogen (secondary N) is 1. The number of nitrogens with zero attached hydrogens (tertiary/aromatic N) is 2. The molecule has 0 aliphatic carbocycles. The zero-order chi connectivity index (χ0) is 20.3. The molecule has 1 amide bonds. The zero-order valence-corrected chi connectivity index (χ0v) is 15.7. The Morgan fingerprint density at radius 3 is 2.29 bits per heavy atom. The van der Waals surface area contributed by atoms with Gasteiger partial charge in [0, 0.05) is 30.2 Å². The molecule has 6 nitrogen and oxygen atoms in total. The Balaban J connectivity index is 1.67. The number of imidazole rings is 1. The normalized spacial score (nSPS) is 11.6. The van der Waals surface area contributed by atoms with Gasteiger partial charge in [0.05, 0.1) is 4.90 Å². The SMILES string of the molecule is Cc1nccn1Cc1ccc(NC(=O)c2ccc(S(=O)(=O)C(F)F)cc2)cc1. The van der Waals surface area contributed by atoms with Gasteiger partial charge < -0.3 is 9.88 Å². The number of rotatable bonds is 6. The van der Waals surface area contributed by atoms with Crippen LogP contribution in [0, 0.1) is 6.92 Å².